The molecule has 2 atom stereocenters. The van der Waals surface area contributed by atoms with Crippen molar-refractivity contribution in [3.05, 3.63) is 21.3 Å². The van der Waals surface area contributed by atoms with Gasteiger partial charge in [0, 0.05) is 22.7 Å². The average molecular weight is 308 g/mol. The van der Waals surface area contributed by atoms with Gasteiger partial charge in [-0.3, -0.25) is 0 Å². The second kappa shape index (κ2) is 5.92. The van der Waals surface area contributed by atoms with Gasteiger partial charge < -0.3 is 9.35 Å². The van der Waals surface area contributed by atoms with Crippen LogP contribution in [0.5, 0.6) is 0 Å². The van der Waals surface area contributed by atoms with Crippen molar-refractivity contribution in [3.8, 4) is 0 Å². The van der Waals surface area contributed by atoms with Crippen LogP contribution >= 0.6 is 22.9 Å². The summed E-state index contributed by atoms with van der Waals surface area (Å²) in [5.41, 5.74) is -0.689. The van der Waals surface area contributed by atoms with Crippen LogP contribution in [0.4, 0.5) is 0 Å². The Balaban J connectivity index is 3.02. The lowest BCUT2D eigenvalue weighted by molar-refractivity contribution is -0.108. The highest BCUT2D eigenvalue weighted by molar-refractivity contribution is 7.90. The molecule has 1 unspecified atom stereocenters. The van der Waals surface area contributed by atoms with Crippen LogP contribution in [-0.4, -0.2) is 15.6 Å². The molecular weight excluding hydrogens is 290 g/mol. The van der Waals surface area contributed by atoms with E-state index in [4.69, 9.17) is 11.6 Å². The Hall–Kier alpha value is -0.0700. The number of hydrogen-bond donors (Lipinski definition) is 1. The summed E-state index contributed by atoms with van der Waals surface area (Å²) in [5.74, 6) is 0. The predicted octanol–water partition coefficient (Wildman–Crippen LogP) is 3.26. The minimum Gasteiger partial charge on any atom is -0.598 e. The van der Waals surface area contributed by atoms with E-state index < -0.39 is 21.6 Å². The highest BCUT2D eigenvalue weighted by Gasteiger charge is 2.38. The summed E-state index contributed by atoms with van der Waals surface area (Å²) in [6.07, 6.45) is 1.05. The van der Waals surface area contributed by atoms with Crippen molar-refractivity contribution in [2.45, 2.75) is 44.4 Å². The molecule has 6 heteroatoms. The summed E-state index contributed by atoms with van der Waals surface area (Å²) >= 11 is 6.31. The van der Waals surface area contributed by atoms with E-state index in [1.165, 1.54) is 11.3 Å². The predicted molar refractivity (Wildman–Crippen MR) is 78.4 cm³/mol. The van der Waals surface area contributed by atoms with Crippen LogP contribution in [0.1, 0.15) is 39.0 Å². The van der Waals surface area contributed by atoms with Crippen molar-refractivity contribution in [1.82, 2.24) is 4.72 Å². The highest BCUT2D eigenvalue weighted by Crippen LogP contribution is 2.36. The average Bonchev–Trinajstić information content (AvgIpc) is 2.63. The first-order chi connectivity index (χ1) is 8.20. The Morgan fingerprint density at radius 3 is 2.50 bits per heavy atom. The maximum Gasteiger partial charge on any atom is 0.136 e. The third-order valence-electron chi connectivity index (χ3n) is 2.48. The molecule has 1 aromatic rings. The number of rotatable bonds is 5. The van der Waals surface area contributed by atoms with Crippen molar-refractivity contribution < 1.29 is 9.35 Å². The van der Waals surface area contributed by atoms with Crippen LogP contribution < -0.4 is 4.72 Å². The van der Waals surface area contributed by atoms with Crippen LogP contribution in [0.3, 0.4) is 0 Å². The molecule has 3 nitrogen and oxygen atoms in total. The first kappa shape index (κ1) is 16.0. The molecule has 0 radical (unpaired) electrons. The molecule has 1 rings (SSSR count). The van der Waals surface area contributed by atoms with Gasteiger partial charge >= 0.3 is 0 Å². The van der Waals surface area contributed by atoms with E-state index in [9.17, 15) is 9.35 Å². The van der Waals surface area contributed by atoms with Gasteiger partial charge in [-0.05, 0) is 39.1 Å². The van der Waals surface area contributed by atoms with Gasteiger partial charge in [0.2, 0.25) is 0 Å². The summed E-state index contributed by atoms with van der Waals surface area (Å²) < 4.78 is 14.9. The molecule has 102 valence electrons. The van der Waals surface area contributed by atoms with E-state index in [2.05, 4.69) is 4.72 Å². The molecule has 1 aromatic heterocycles. The SMILES string of the molecule is CC(C)(C)[S+]([O-])N[C@@](C)(CC=O)c1sccc1Cl. The maximum atomic E-state index is 12.2. The number of halogens is 1. The quantitative estimate of drug-likeness (QED) is 0.671. The van der Waals surface area contributed by atoms with E-state index in [0.717, 1.165) is 11.2 Å². The number of thiophene rings is 1. The fraction of sp³-hybridized carbons (Fsp3) is 0.583. The topological polar surface area (TPSA) is 52.2 Å². The van der Waals surface area contributed by atoms with E-state index >= 15 is 0 Å². The molecule has 1 heterocycles. The lowest BCUT2D eigenvalue weighted by atomic mass is 9.98. The van der Waals surface area contributed by atoms with E-state index in [0.29, 0.717) is 5.02 Å². The summed E-state index contributed by atoms with van der Waals surface area (Å²) in [7, 11) is 0. The fourth-order valence-electron chi connectivity index (χ4n) is 1.39. The van der Waals surface area contributed by atoms with E-state index in [-0.39, 0.29) is 6.42 Å². The summed E-state index contributed by atoms with van der Waals surface area (Å²) in [5, 5.41) is 2.46. The highest BCUT2D eigenvalue weighted by atomic mass is 35.5. The zero-order valence-electron chi connectivity index (χ0n) is 11.0. The number of carbonyl (C=O) groups excluding carboxylic acids is 1. The van der Waals surface area contributed by atoms with Gasteiger partial charge in [-0.25, -0.2) is 0 Å². The first-order valence-electron chi connectivity index (χ1n) is 5.57. The molecule has 0 aliphatic rings. The maximum absolute atomic E-state index is 12.2. The monoisotopic (exact) mass is 307 g/mol. The molecule has 18 heavy (non-hydrogen) atoms. The zero-order valence-corrected chi connectivity index (χ0v) is 13.3. The lowest BCUT2D eigenvalue weighted by Crippen LogP contribution is -2.49. The van der Waals surface area contributed by atoms with Crippen molar-refractivity contribution >= 4 is 40.6 Å². The number of nitrogens with one attached hydrogen (secondary N) is 1. The van der Waals surface area contributed by atoms with Gasteiger partial charge in [0.1, 0.15) is 16.6 Å². The van der Waals surface area contributed by atoms with Crippen molar-refractivity contribution in [1.29, 1.82) is 0 Å². The second-order valence-electron chi connectivity index (χ2n) is 5.28. The second-order valence-corrected chi connectivity index (χ2v) is 8.57. The number of carbonyl (C=O) groups is 1. The van der Waals surface area contributed by atoms with Crippen LogP contribution in [0, 0.1) is 0 Å². The summed E-state index contributed by atoms with van der Waals surface area (Å²) in [6, 6.07) is 1.78. The molecule has 0 saturated heterocycles. The van der Waals surface area contributed by atoms with Crippen LogP contribution in [0.25, 0.3) is 0 Å². The minimum atomic E-state index is -1.26. The Labute approximate surface area is 120 Å². The van der Waals surface area contributed by atoms with Crippen molar-refractivity contribution in [2.75, 3.05) is 0 Å². The van der Waals surface area contributed by atoms with Gasteiger partial charge in [-0.15, -0.1) is 16.1 Å². The largest absolute Gasteiger partial charge is 0.598 e. The van der Waals surface area contributed by atoms with Gasteiger partial charge in [0.15, 0.2) is 0 Å². The van der Waals surface area contributed by atoms with Crippen LogP contribution in [0.15, 0.2) is 11.4 Å². The van der Waals surface area contributed by atoms with E-state index in [1.54, 1.807) is 6.07 Å². The molecule has 0 aliphatic carbocycles. The van der Waals surface area contributed by atoms with E-state index in [1.807, 2.05) is 33.1 Å². The molecule has 1 N–H and O–H groups in total. The first-order valence-corrected chi connectivity index (χ1v) is 7.98. The van der Waals surface area contributed by atoms with Gasteiger partial charge in [-0.2, -0.15) is 0 Å². The third-order valence-corrected chi connectivity index (χ3v) is 5.84. The molecule has 0 amide bonds. The Bertz CT molecular complexity index is 416. The smallest absolute Gasteiger partial charge is 0.136 e. The van der Waals surface area contributed by atoms with Gasteiger partial charge in [-0.1, -0.05) is 11.6 Å². The summed E-state index contributed by atoms with van der Waals surface area (Å²) in [4.78, 5) is 11.7. The molecular formula is C12H18ClNO2S2. The lowest BCUT2D eigenvalue weighted by Gasteiger charge is -2.33. The molecule has 0 spiro atoms. The van der Waals surface area contributed by atoms with Crippen LogP contribution in [-0.2, 0) is 21.7 Å². The van der Waals surface area contributed by atoms with Crippen molar-refractivity contribution in [2.24, 2.45) is 0 Å². The van der Waals surface area contributed by atoms with Gasteiger partial charge in [0.25, 0.3) is 0 Å². The number of hydrogen-bond acceptors (Lipinski definition) is 4. The van der Waals surface area contributed by atoms with Crippen molar-refractivity contribution in [3.63, 3.8) is 0 Å². The zero-order chi connectivity index (χ0) is 14.0. The Morgan fingerprint density at radius 2 is 2.11 bits per heavy atom. The molecule has 0 fully saturated rings. The molecule has 0 saturated carbocycles. The molecule has 0 aliphatic heterocycles. The van der Waals surface area contributed by atoms with Crippen LogP contribution in [0.2, 0.25) is 5.02 Å². The standard InChI is InChI=1S/C12H18ClNO2S2/c1-11(2,3)18(16)14-12(4,6-7-15)10-9(13)5-8-17-10/h5,7-8,14H,6H2,1-4H3/t12-,18?/m0/s1. The normalized spacial score (nSPS) is 17.2. The Kier molecular flexibility index (Phi) is 5.26. The minimum absolute atomic E-state index is 0.231. The third kappa shape index (κ3) is 3.71. The number of aldehydes is 1. The Morgan fingerprint density at radius 1 is 1.50 bits per heavy atom. The van der Waals surface area contributed by atoms with Gasteiger partial charge in [0.05, 0.1) is 5.02 Å². The molecule has 0 bridgehead atoms. The summed E-state index contributed by atoms with van der Waals surface area (Å²) in [6.45, 7) is 7.50. The fourth-order valence-corrected chi connectivity index (χ4v) is 3.75. The molecule has 0 aromatic carbocycles.